The standard InChI is InChI=1S/C6H9NO2/c8-6-9-5-7-3-1-2-4-7/h1-4,8H,5-6H2. The largest absolute Gasteiger partial charge is 0.371 e. The summed E-state index contributed by atoms with van der Waals surface area (Å²) in [5.41, 5.74) is 0. The van der Waals surface area contributed by atoms with Crippen molar-refractivity contribution in [3.8, 4) is 0 Å². The van der Waals surface area contributed by atoms with Gasteiger partial charge in [0, 0.05) is 12.4 Å². The molecule has 0 saturated heterocycles. The van der Waals surface area contributed by atoms with E-state index in [9.17, 15) is 0 Å². The number of hydrogen-bond acceptors (Lipinski definition) is 2. The predicted octanol–water partition coefficient (Wildman–Crippen LogP) is 0.412. The first-order valence-electron chi connectivity index (χ1n) is 2.73. The highest BCUT2D eigenvalue weighted by molar-refractivity contribution is 4.89. The van der Waals surface area contributed by atoms with Crippen LogP contribution in [0.25, 0.3) is 0 Å². The van der Waals surface area contributed by atoms with E-state index in [0.29, 0.717) is 6.73 Å². The number of rotatable bonds is 3. The Labute approximate surface area is 53.5 Å². The Morgan fingerprint density at radius 1 is 1.33 bits per heavy atom. The van der Waals surface area contributed by atoms with Gasteiger partial charge in [-0.15, -0.1) is 0 Å². The Kier molecular flexibility index (Phi) is 2.30. The lowest BCUT2D eigenvalue weighted by Gasteiger charge is -1.99. The Balaban J connectivity index is 2.30. The van der Waals surface area contributed by atoms with Crippen LogP contribution in [0.15, 0.2) is 24.5 Å². The molecule has 1 heterocycles. The van der Waals surface area contributed by atoms with Crippen molar-refractivity contribution >= 4 is 0 Å². The summed E-state index contributed by atoms with van der Waals surface area (Å²) in [6.45, 7) is 0.196. The van der Waals surface area contributed by atoms with Crippen LogP contribution in [0, 0.1) is 0 Å². The van der Waals surface area contributed by atoms with E-state index in [-0.39, 0.29) is 6.79 Å². The van der Waals surface area contributed by atoms with Gasteiger partial charge >= 0.3 is 0 Å². The molecule has 0 aliphatic rings. The van der Waals surface area contributed by atoms with Crippen LogP contribution in [0.4, 0.5) is 0 Å². The lowest BCUT2D eigenvalue weighted by molar-refractivity contribution is -0.0352. The van der Waals surface area contributed by atoms with E-state index >= 15 is 0 Å². The molecule has 3 nitrogen and oxygen atoms in total. The topological polar surface area (TPSA) is 34.4 Å². The van der Waals surface area contributed by atoms with Gasteiger partial charge < -0.3 is 14.4 Å². The highest BCUT2D eigenvalue weighted by Crippen LogP contribution is 1.88. The van der Waals surface area contributed by atoms with Crippen LogP contribution >= 0.6 is 0 Å². The number of aromatic nitrogens is 1. The number of ether oxygens (including phenoxy) is 1. The zero-order valence-corrected chi connectivity index (χ0v) is 5.03. The zero-order valence-electron chi connectivity index (χ0n) is 5.03. The Hall–Kier alpha value is -0.800. The van der Waals surface area contributed by atoms with E-state index < -0.39 is 0 Å². The first-order valence-corrected chi connectivity index (χ1v) is 2.73. The fourth-order valence-electron chi connectivity index (χ4n) is 0.602. The zero-order chi connectivity index (χ0) is 6.53. The summed E-state index contributed by atoms with van der Waals surface area (Å²) in [6, 6.07) is 3.81. The number of aliphatic hydroxyl groups is 1. The van der Waals surface area contributed by atoms with Crippen LogP contribution in [0.3, 0.4) is 0 Å². The average molecular weight is 127 g/mol. The summed E-state index contributed by atoms with van der Waals surface area (Å²) in [6.07, 6.45) is 3.74. The molecule has 0 saturated carbocycles. The maximum Gasteiger partial charge on any atom is 0.145 e. The SMILES string of the molecule is OCOCn1cccc1. The molecular formula is C6H9NO2. The molecule has 0 spiro atoms. The lowest BCUT2D eigenvalue weighted by Crippen LogP contribution is -1.99. The molecule has 9 heavy (non-hydrogen) atoms. The van der Waals surface area contributed by atoms with E-state index in [1.165, 1.54) is 0 Å². The summed E-state index contributed by atoms with van der Waals surface area (Å²) >= 11 is 0. The molecule has 0 aliphatic heterocycles. The van der Waals surface area contributed by atoms with Crippen LogP contribution in [0.5, 0.6) is 0 Å². The van der Waals surface area contributed by atoms with E-state index in [1.54, 1.807) is 0 Å². The van der Waals surface area contributed by atoms with Crippen molar-refractivity contribution in [2.75, 3.05) is 6.79 Å². The summed E-state index contributed by atoms with van der Waals surface area (Å²) in [5.74, 6) is 0. The molecule has 0 aromatic carbocycles. The van der Waals surface area contributed by atoms with Crippen molar-refractivity contribution in [1.29, 1.82) is 0 Å². The van der Waals surface area contributed by atoms with Gasteiger partial charge in [-0.25, -0.2) is 0 Å². The molecule has 1 aromatic heterocycles. The second-order valence-electron chi connectivity index (χ2n) is 1.66. The molecule has 50 valence electrons. The third-order valence-electron chi connectivity index (χ3n) is 0.998. The van der Waals surface area contributed by atoms with E-state index in [1.807, 2.05) is 29.1 Å². The molecule has 1 N–H and O–H groups in total. The normalized spacial score (nSPS) is 9.89. The van der Waals surface area contributed by atoms with Crippen LogP contribution in [0.1, 0.15) is 0 Å². The molecule has 1 rings (SSSR count). The first-order chi connectivity index (χ1) is 4.43. The van der Waals surface area contributed by atoms with Crippen LogP contribution in [-0.2, 0) is 11.5 Å². The average Bonchev–Trinajstić information content (AvgIpc) is 2.34. The predicted molar refractivity (Wildman–Crippen MR) is 32.6 cm³/mol. The fraction of sp³-hybridized carbons (Fsp3) is 0.333. The van der Waals surface area contributed by atoms with Gasteiger partial charge in [0.25, 0.3) is 0 Å². The van der Waals surface area contributed by atoms with Crippen molar-refractivity contribution in [3.63, 3.8) is 0 Å². The Bertz CT molecular complexity index is 148. The van der Waals surface area contributed by atoms with Crippen LogP contribution in [-0.4, -0.2) is 16.5 Å². The number of aliphatic hydroxyl groups excluding tert-OH is 1. The van der Waals surface area contributed by atoms with Crippen LogP contribution < -0.4 is 0 Å². The minimum absolute atomic E-state index is 0.224. The van der Waals surface area contributed by atoms with Crippen molar-refractivity contribution in [1.82, 2.24) is 4.57 Å². The van der Waals surface area contributed by atoms with Gasteiger partial charge in [-0.2, -0.15) is 0 Å². The third-order valence-corrected chi connectivity index (χ3v) is 0.998. The summed E-state index contributed by atoms with van der Waals surface area (Å²) < 4.78 is 6.53. The summed E-state index contributed by atoms with van der Waals surface area (Å²) in [5, 5.41) is 8.23. The molecule has 0 unspecified atom stereocenters. The second kappa shape index (κ2) is 3.27. The molecule has 0 aliphatic carbocycles. The van der Waals surface area contributed by atoms with E-state index in [0.717, 1.165) is 0 Å². The third kappa shape index (κ3) is 1.87. The molecule has 0 bridgehead atoms. The minimum Gasteiger partial charge on any atom is -0.371 e. The Morgan fingerprint density at radius 3 is 2.56 bits per heavy atom. The van der Waals surface area contributed by atoms with Crippen LogP contribution in [0.2, 0.25) is 0 Å². The molecule has 0 amide bonds. The van der Waals surface area contributed by atoms with Crippen molar-refractivity contribution in [3.05, 3.63) is 24.5 Å². The molecule has 0 fully saturated rings. The van der Waals surface area contributed by atoms with Gasteiger partial charge in [-0.1, -0.05) is 0 Å². The van der Waals surface area contributed by atoms with Crippen molar-refractivity contribution in [2.24, 2.45) is 0 Å². The molecular weight excluding hydrogens is 118 g/mol. The maximum absolute atomic E-state index is 8.23. The summed E-state index contributed by atoms with van der Waals surface area (Å²) in [4.78, 5) is 0. The van der Waals surface area contributed by atoms with Gasteiger partial charge in [-0.3, -0.25) is 0 Å². The van der Waals surface area contributed by atoms with Gasteiger partial charge in [0.1, 0.15) is 13.5 Å². The monoisotopic (exact) mass is 127 g/mol. The second-order valence-corrected chi connectivity index (χ2v) is 1.66. The number of hydrogen-bond donors (Lipinski definition) is 1. The number of nitrogens with zero attached hydrogens (tertiary/aromatic N) is 1. The van der Waals surface area contributed by atoms with E-state index in [4.69, 9.17) is 9.84 Å². The fourth-order valence-corrected chi connectivity index (χ4v) is 0.602. The molecule has 3 heteroatoms. The molecule has 1 aromatic rings. The highest BCUT2D eigenvalue weighted by atomic mass is 16.6. The van der Waals surface area contributed by atoms with Gasteiger partial charge in [-0.05, 0) is 12.1 Å². The minimum atomic E-state index is -0.224. The smallest absolute Gasteiger partial charge is 0.145 e. The lowest BCUT2D eigenvalue weighted by atomic mass is 10.7. The summed E-state index contributed by atoms with van der Waals surface area (Å²) in [7, 11) is 0. The van der Waals surface area contributed by atoms with Gasteiger partial charge in [0.15, 0.2) is 0 Å². The molecule has 0 radical (unpaired) electrons. The quantitative estimate of drug-likeness (QED) is 0.597. The van der Waals surface area contributed by atoms with Gasteiger partial charge in [0.2, 0.25) is 0 Å². The van der Waals surface area contributed by atoms with E-state index in [2.05, 4.69) is 0 Å². The van der Waals surface area contributed by atoms with Crippen molar-refractivity contribution in [2.45, 2.75) is 6.73 Å². The first kappa shape index (κ1) is 6.32. The van der Waals surface area contributed by atoms with Crippen molar-refractivity contribution < 1.29 is 9.84 Å². The Morgan fingerprint density at radius 2 is 2.00 bits per heavy atom. The maximum atomic E-state index is 8.23. The highest BCUT2D eigenvalue weighted by Gasteiger charge is 1.83. The molecule has 0 atom stereocenters. The van der Waals surface area contributed by atoms with Gasteiger partial charge in [0.05, 0.1) is 0 Å².